The van der Waals surface area contributed by atoms with Gasteiger partial charge in [-0.15, -0.1) is 0 Å². The van der Waals surface area contributed by atoms with Gasteiger partial charge in [-0.3, -0.25) is 4.99 Å². The maximum atomic E-state index is 9.81. The Morgan fingerprint density at radius 3 is 2.44 bits per heavy atom. The molecule has 0 fully saturated rings. The minimum Gasteiger partial charge on any atom is -0.506 e. The number of phenols is 1. The molecule has 0 aliphatic rings. The largest absolute Gasteiger partial charge is 0.506 e. The predicted molar refractivity (Wildman–Crippen MR) is 103 cm³/mol. The van der Waals surface area contributed by atoms with Gasteiger partial charge in [0, 0.05) is 5.56 Å². The molecule has 0 atom stereocenters. The second-order valence-corrected chi connectivity index (χ2v) is 5.72. The third-order valence-electron chi connectivity index (χ3n) is 4.05. The van der Waals surface area contributed by atoms with Crippen LogP contribution < -0.4 is 0 Å². The van der Waals surface area contributed by atoms with E-state index in [1.165, 1.54) is 10.8 Å². The minimum absolute atomic E-state index is 0.156. The monoisotopic (exact) mass is 324 g/mol. The van der Waals surface area contributed by atoms with Crippen LogP contribution in [0.1, 0.15) is 5.69 Å². The highest BCUT2D eigenvalue weighted by Crippen LogP contribution is 2.28. The maximum Gasteiger partial charge on any atom is 0.141 e. The highest BCUT2D eigenvalue weighted by Gasteiger charge is 2.05. The number of pyridine rings is 1. The Morgan fingerprint density at radius 1 is 0.760 bits per heavy atom. The van der Waals surface area contributed by atoms with Crippen LogP contribution >= 0.6 is 0 Å². The molecule has 0 aliphatic carbocycles. The summed E-state index contributed by atoms with van der Waals surface area (Å²) in [5.41, 5.74) is 3.27. The smallest absolute Gasteiger partial charge is 0.141 e. The van der Waals surface area contributed by atoms with Crippen molar-refractivity contribution in [3.63, 3.8) is 0 Å². The van der Waals surface area contributed by atoms with Gasteiger partial charge in [-0.1, -0.05) is 60.7 Å². The molecule has 0 saturated carbocycles. The lowest BCUT2D eigenvalue weighted by molar-refractivity contribution is 0.477. The van der Waals surface area contributed by atoms with Gasteiger partial charge in [0.05, 0.1) is 17.6 Å². The Balaban J connectivity index is 1.73. The number of aromatic nitrogens is 1. The highest BCUT2D eigenvalue weighted by atomic mass is 16.3. The number of hydrogen-bond acceptors (Lipinski definition) is 3. The van der Waals surface area contributed by atoms with Crippen molar-refractivity contribution in [2.24, 2.45) is 4.99 Å². The lowest BCUT2D eigenvalue weighted by Crippen LogP contribution is -1.91. The molecule has 0 bridgehead atoms. The molecular formula is C22H16N2O. The fraction of sp³-hybridized carbons (Fsp3) is 0. The van der Waals surface area contributed by atoms with Gasteiger partial charge in [0.25, 0.3) is 0 Å². The molecule has 1 N–H and O–H groups in total. The van der Waals surface area contributed by atoms with E-state index in [9.17, 15) is 5.11 Å². The normalized spacial score (nSPS) is 11.2. The summed E-state index contributed by atoms with van der Waals surface area (Å²) in [6, 6.07) is 27.4. The SMILES string of the molecule is Oc1ccccc1N=Cc1cccc(-c2cccc3ccccc23)n1. The number of aromatic hydroxyl groups is 1. The number of para-hydroxylation sites is 2. The fourth-order valence-corrected chi connectivity index (χ4v) is 2.83. The lowest BCUT2D eigenvalue weighted by Gasteiger charge is -2.06. The molecule has 0 amide bonds. The van der Waals surface area contributed by atoms with Crippen LogP contribution in [0.2, 0.25) is 0 Å². The Labute approximate surface area is 146 Å². The Kier molecular flexibility index (Phi) is 3.97. The van der Waals surface area contributed by atoms with Crippen molar-refractivity contribution in [2.45, 2.75) is 0 Å². The van der Waals surface area contributed by atoms with Gasteiger partial charge in [0.1, 0.15) is 11.4 Å². The molecule has 0 radical (unpaired) electrons. The summed E-state index contributed by atoms with van der Waals surface area (Å²) in [5, 5.41) is 12.2. The number of aliphatic imine (C=N–C) groups is 1. The van der Waals surface area contributed by atoms with Crippen LogP contribution in [0.4, 0.5) is 5.69 Å². The van der Waals surface area contributed by atoms with E-state index in [0.717, 1.165) is 17.0 Å². The molecule has 120 valence electrons. The highest BCUT2D eigenvalue weighted by molar-refractivity contribution is 5.96. The van der Waals surface area contributed by atoms with Crippen molar-refractivity contribution in [1.82, 2.24) is 4.98 Å². The Hall–Kier alpha value is -3.46. The van der Waals surface area contributed by atoms with Crippen LogP contribution in [0.15, 0.2) is 89.9 Å². The van der Waals surface area contributed by atoms with Gasteiger partial charge in [-0.2, -0.15) is 0 Å². The first-order chi connectivity index (χ1) is 12.3. The van der Waals surface area contributed by atoms with Crippen LogP contribution in [0.5, 0.6) is 5.75 Å². The molecule has 0 aliphatic heterocycles. The van der Waals surface area contributed by atoms with E-state index in [1.807, 2.05) is 42.5 Å². The van der Waals surface area contributed by atoms with Gasteiger partial charge >= 0.3 is 0 Å². The van der Waals surface area contributed by atoms with E-state index in [0.29, 0.717) is 5.69 Å². The first kappa shape index (κ1) is 15.1. The van der Waals surface area contributed by atoms with Crippen LogP contribution in [0.3, 0.4) is 0 Å². The van der Waals surface area contributed by atoms with Crippen molar-refractivity contribution in [2.75, 3.05) is 0 Å². The second kappa shape index (κ2) is 6.57. The van der Waals surface area contributed by atoms with E-state index in [2.05, 4.69) is 29.3 Å². The van der Waals surface area contributed by atoms with E-state index in [1.54, 1.807) is 24.4 Å². The zero-order valence-electron chi connectivity index (χ0n) is 13.5. The average Bonchev–Trinajstić information content (AvgIpc) is 2.67. The molecule has 1 aromatic heterocycles. The van der Waals surface area contributed by atoms with Gasteiger partial charge in [0.2, 0.25) is 0 Å². The molecule has 1 heterocycles. The number of fused-ring (bicyclic) bond motifs is 1. The number of phenolic OH excluding ortho intramolecular Hbond substituents is 1. The summed E-state index contributed by atoms with van der Waals surface area (Å²) in [6.07, 6.45) is 1.67. The number of rotatable bonds is 3. The summed E-state index contributed by atoms with van der Waals surface area (Å²) in [4.78, 5) is 9.04. The second-order valence-electron chi connectivity index (χ2n) is 5.72. The molecule has 3 heteroatoms. The van der Waals surface area contributed by atoms with Gasteiger partial charge in [-0.05, 0) is 35.0 Å². The zero-order valence-corrected chi connectivity index (χ0v) is 13.5. The zero-order chi connectivity index (χ0) is 17.1. The number of benzene rings is 3. The molecular weight excluding hydrogens is 308 g/mol. The van der Waals surface area contributed by atoms with Crippen LogP contribution in [0, 0.1) is 0 Å². The Morgan fingerprint density at radius 2 is 1.52 bits per heavy atom. The standard InChI is InChI=1S/C22H16N2O/c25-22-14-4-3-12-21(22)23-15-17-9-6-13-20(24-17)19-11-5-8-16-7-1-2-10-18(16)19/h1-15,25H. The van der Waals surface area contributed by atoms with Crippen molar-refractivity contribution in [1.29, 1.82) is 0 Å². The maximum absolute atomic E-state index is 9.81. The number of hydrogen-bond donors (Lipinski definition) is 1. The van der Waals surface area contributed by atoms with E-state index in [4.69, 9.17) is 4.98 Å². The van der Waals surface area contributed by atoms with Crippen LogP contribution in [0.25, 0.3) is 22.0 Å². The molecule has 0 unspecified atom stereocenters. The molecule has 25 heavy (non-hydrogen) atoms. The summed E-state index contributed by atoms with van der Waals surface area (Å²) < 4.78 is 0. The van der Waals surface area contributed by atoms with Crippen molar-refractivity contribution in [3.05, 3.63) is 90.6 Å². The first-order valence-corrected chi connectivity index (χ1v) is 8.08. The van der Waals surface area contributed by atoms with Crippen LogP contribution in [-0.2, 0) is 0 Å². The van der Waals surface area contributed by atoms with Gasteiger partial charge in [-0.25, -0.2) is 4.98 Å². The quantitative estimate of drug-likeness (QED) is 0.516. The molecule has 0 saturated heterocycles. The molecule has 3 nitrogen and oxygen atoms in total. The lowest BCUT2D eigenvalue weighted by atomic mass is 10.0. The van der Waals surface area contributed by atoms with Crippen molar-refractivity contribution in [3.8, 4) is 17.0 Å². The Bertz CT molecular complexity index is 1060. The van der Waals surface area contributed by atoms with Crippen molar-refractivity contribution < 1.29 is 5.11 Å². The summed E-state index contributed by atoms with van der Waals surface area (Å²) in [5.74, 6) is 0.156. The van der Waals surface area contributed by atoms with Gasteiger partial charge in [0.15, 0.2) is 0 Å². The topological polar surface area (TPSA) is 45.5 Å². The van der Waals surface area contributed by atoms with Crippen molar-refractivity contribution >= 4 is 22.7 Å². The van der Waals surface area contributed by atoms with Crippen LogP contribution in [-0.4, -0.2) is 16.3 Å². The summed E-state index contributed by atoms with van der Waals surface area (Å²) in [6.45, 7) is 0. The first-order valence-electron chi connectivity index (χ1n) is 8.08. The number of nitrogens with zero attached hydrogens (tertiary/aromatic N) is 2. The predicted octanol–water partition coefficient (Wildman–Crippen LogP) is 5.36. The third kappa shape index (κ3) is 3.12. The summed E-state index contributed by atoms with van der Waals surface area (Å²) >= 11 is 0. The van der Waals surface area contributed by atoms with E-state index in [-0.39, 0.29) is 5.75 Å². The molecule has 3 aromatic carbocycles. The van der Waals surface area contributed by atoms with Gasteiger partial charge < -0.3 is 5.11 Å². The molecule has 4 rings (SSSR count). The summed E-state index contributed by atoms with van der Waals surface area (Å²) in [7, 11) is 0. The third-order valence-corrected chi connectivity index (χ3v) is 4.05. The van der Waals surface area contributed by atoms with E-state index < -0.39 is 0 Å². The molecule has 4 aromatic rings. The van der Waals surface area contributed by atoms with E-state index >= 15 is 0 Å². The molecule has 0 spiro atoms. The fourth-order valence-electron chi connectivity index (χ4n) is 2.83. The minimum atomic E-state index is 0.156. The average molecular weight is 324 g/mol.